The summed E-state index contributed by atoms with van der Waals surface area (Å²) in [7, 11) is 0. The summed E-state index contributed by atoms with van der Waals surface area (Å²) in [6.45, 7) is 4.21. The molecular weight excluding hydrogens is 170 g/mol. The highest BCUT2D eigenvalue weighted by atomic mass is 16.3. The van der Waals surface area contributed by atoms with Crippen LogP contribution in [0.15, 0.2) is 0 Å². The first-order valence-electron chi connectivity index (χ1n) is 4.62. The van der Waals surface area contributed by atoms with E-state index in [-0.39, 0.29) is 13.1 Å². The molecule has 0 amide bonds. The Morgan fingerprint density at radius 1 is 1.08 bits per heavy atom. The van der Waals surface area contributed by atoms with Gasteiger partial charge in [-0.25, -0.2) is 0 Å². The fraction of sp³-hybridized carbons (Fsp3) is 1.00. The molecule has 5 heteroatoms. The summed E-state index contributed by atoms with van der Waals surface area (Å²) in [5.74, 6) is 0. The molecule has 0 aliphatic carbocycles. The molecule has 0 fully saturated rings. The minimum atomic E-state index is -0.523. The molecule has 0 aliphatic rings. The Labute approximate surface area is 79.3 Å². The van der Waals surface area contributed by atoms with Gasteiger partial charge in [0.1, 0.15) is 0 Å². The van der Waals surface area contributed by atoms with Gasteiger partial charge >= 0.3 is 0 Å². The summed E-state index contributed by atoms with van der Waals surface area (Å²) in [5, 5.41) is 18.5. The summed E-state index contributed by atoms with van der Waals surface area (Å²) >= 11 is 0. The summed E-state index contributed by atoms with van der Waals surface area (Å²) in [6.07, 6.45) is -1.05. The van der Waals surface area contributed by atoms with E-state index in [1.807, 2.05) is 11.8 Å². The van der Waals surface area contributed by atoms with Crippen molar-refractivity contribution in [2.24, 2.45) is 11.5 Å². The smallest absolute Gasteiger partial charge is 0.0789 e. The Balaban J connectivity index is 3.74. The quantitative estimate of drug-likeness (QED) is 0.371. The van der Waals surface area contributed by atoms with Gasteiger partial charge < -0.3 is 21.7 Å². The monoisotopic (exact) mass is 191 g/mol. The van der Waals surface area contributed by atoms with Crippen LogP contribution in [0.5, 0.6) is 0 Å². The Morgan fingerprint density at radius 2 is 1.46 bits per heavy atom. The maximum Gasteiger partial charge on any atom is 0.0789 e. The maximum atomic E-state index is 9.27. The van der Waals surface area contributed by atoms with Crippen LogP contribution in [0, 0.1) is 0 Å². The summed E-state index contributed by atoms with van der Waals surface area (Å²) < 4.78 is 0. The number of nitrogens with two attached hydrogens (primary N) is 2. The highest BCUT2D eigenvalue weighted by molar-refractivity contribution is 4.68. The van der Waals surface area contributed by atoms with Crippen LogP contribution in [-0.4, -0.2) is 60.0 Å². The predicted octanol–water partition coefficient (Wildman–Crippen LogP) is -2.05. The SMILES string of the molecule is CCN(C[C@@H](O)CN)C[C@@H](O)CN. The van der Waals surface area contributed by atoms with Crippen LogP contribution in [0.3, 0.4) is 0 Å². The van der Waals surface area contributed by atoms with Gasteiger partial charge in [0.05, 0.1) is 12.2 Å². The summed E-state index contributed by atoms with van der Waals surface area (Å²) in [6, 6.07) is 0. The van der Waals surface area contributed by atoms with E-state index in [1.165, 1.54) is 0 Å². The molecule has 5 nitrogen and oxygen atoms in total. The minimum absolute atomic E-state index is 0.245. The first-order valence-corrected chi connectivity index (χ1v) is 4.62. The molecule has 80 valence electrons. The second kappa shape index (κ2) is 7.23. The lowest BCUT2D eigenvalue weighted by Gasteiger charge is -2.24. The van der Waals surface area contributed by atoms with Crippen molar-refractivity contribution in [2.45, 2.75) is 19.1 Å². The largest absolute Gasteiger partial charge is 0.390 e. The van der Waals surface area contributed by atoms with Crippen molar-refractivity contribution in [2.75, 3.05) is 32.7 Å². The van der Waals surface area contributed by atoms with Crippen LogP contribution in [0.25, 0.3) is 0 Å². The van der Waals surface area contributed by atoms with Crippen LogP contribution in [0.1, 0.15) is 6.92 Å². The number of likely N-dealkylation sites (N-methyl/N-ethyl adjacent to an activating group) is 1. The van der Waals surface area contributed by atoms with Gasteiger partial charge in [-0.15, -0.1) is 0 Å². The second-order valence-electron chi connectivity index (χ2n) is 3.13. The Hall–Kier alpha value is -0.200. The number of nitrogens with zero attached hydrogens (tertiary/aromatic N) is 1. The van der Waals surface area contributed by atoms with Gasteiger partial charge in [-0.1, -0.05) is 6.92 Å². The normalized spacial score (nSPS) is 16.2. The summed E-state index contributed by atoms with van der Waals surface area (Å²) in [5.41, 5.74) is 10.5. The number of aliphatic hydroxyl groups excluding tert-OH is 2. The Kier molecular flexibility index (Phi) is 7.12. The molecule has 0 bridgehead atoms. The minimum Gasteiger partial charge on any atom is -0.390 e. The highest BCUT2D eigenvalue weighted by Crippen LogP contribution is 1.94. The van der Waals surface area contributed by atoms with Crippen molar-refractivity contribution in [3.8, 4) is 0 Å². The third-order valence-electron chi connectivity index (χ3n) is 1.93. The average Bonchev–Trinajstić information content (AvgIpc) is 2.16. The van der Waals surface area contributed by atoms with Crippen LogP contribution in [0.4, 0.5) is 0 Å². The highest BCUT2D eigenvalue weighted by Gasteiger charge is 2.11. The number of aliphatic hydroxyl groups is 2. The molecular formula is C8H21N3O2. The van der Waals surface area contributed by atoms with Gasteiger partial charge in [0.2, 0.25) is 0 Å². The van der Waals surface area contributed by atoms with Crippen LogP contribution < -0.4 is 11.5 Å². The first kappa shape index (κ1) is 12.8. The van der Waals surface area contributed by atoms with Gasteiger partial charge in [0.15, 0.2) is 0 Å². The molecule has 0 radical (unpaired) electrons. The first-order chi connectivity index (χ1) is 6.13. The molecule has 0 heterocycles. The van der Waals surface area contributed by atoms with E-state index in [0.717, 1.165) is 6.54 Å². The van der Waals surface area contributed by atoms with Crippen molar-refractivity contribution in [1.29, 1.82) is 0 Å². The van der Waals surface area contributed by atoms with Gasteiger partial charge in [-0.05, 0) is 6.54 Å². The molecule has 0 aromatic heterocycles. The standard InChI is InChI=1S/C8H21N3O2/c1-2-11(5-7(12)3-9)6-8(13)4-10/h7-8,12-13H,2-6,9-10H2,1H3/t7-,8-/m0/s1. The van der Waals surface area contributed by atoms with Crippen molar-refractivity contribution in [3.05, 3.63) is 0 Å². The van der Waals surface area contributed by atoms with Crippen molar-refractivity contribution < 1.29 is 10.2 Å². The Bertz CT molecular complexity index is 112. The van der Waals surface area contributed by atoms with Gasteiger partial charge in [-0.2, -0.15) is 0 Å². The van der Waals surface area contributed by atoms with Gasteiger partial charge in [0.25, 0.3) is 0 Å². The fourth-order valence-corrected chi connectivity index (χ4v) is 1.08. The average molecular weight is 191 g/mol. The molecule has 0 unspecified atom stereocenters. The van der Waals surface area contributed by atoms with Crippen LogP contribution in [-0.2, 0) is 0 Å². The van der Waals surface area contributed by atoms with E-state index in [1.54, 1.807) is 0 Å². The molecule has 0 saturated heterocycles. The predicted molar refractivity (Wildman–Crippen MR) is 52.2 cm³/mol. The molecule has 2 atom stereocenters. The van der Waals surface area contributed by atoms with Crippen LogP contribution in [0.2, 0.25) is 0 Å². The number of hydrogen-bond acceptors (Lipinski definition) is 5. The molecule has 0 rings (SSSR count). The molecule has 0 aromatic rings. The van der Waals surface area contributed by atoms with Gasteiger partial charge in [0, 0.05) is 26.2 Å². The van der Waals surface area contributed by atoms with Gasteiger partial charge in [-0.3, -0.25) is 4.90 Å². The topological polar surface area (TPSA) is 95.7 Å². The fourth-order valence-electron chi connectivity index (χ4n) is 1.08. The third-order valence-corrected chi connectivity index (χ3v) is 1.93. The van der Waals surface area contributed by atoms with Crippen LogP contribution >= 0.6 is 0 Å². The zero-order valence-corrected chi connectivity index (χ0v) is 8.19. The molecule has 0 spiro atoms. The Morgan fingerprint density at radius 3 is 1.69 bits per heavy atom. The molecule has 0 aliphatic heterocycles. The molecule has 0 saturated carbocycles. The van der Waals surface area contributed by atoms with E-state index in [9.17, 15) is 10.2 Å². The van der Waals surface area contributed by atoms with E-state index in [4.69, 9.17) is 11.5 Å². The molecule has 13 heavy (non-hydrogen) atoms. The summed E-state index contributed by atoms with van der Waals surface area (Å²) in [4.78, 5) is 1.93. The lowest BCUT2D eigenvalue weighted by atomic mass is 10.2. The maximum absolute atomic E-state index is 9.27. The van der Waals surface area contributed by atoms with E-state index in [2.05, 4.69) is 0 Å². The number of rotatable bonds is 7. The van der Waals surface area contributed by atoms with Crippen molar-refractivity contribution in [1.82, 2.24) is 4.90 Å². The van der Waals surface area contributed by atoms with Crippen molar-refractivity contribution in [3.63, 3.8) is 0 Å². The number of hydrogen-bond donors (Lipinski definition) is 4. The zero-order chi connectivity index (χ0) is 10.3. The molecule has 0 aromatic carbocycles. The second-order valence-corrected chi connectivity index (χ2v) is 3.13. The van der Waals surface area contributed by atoms with Crippen molar-refractivity contribution >= 4 is 0 Å². The molecule has 6 N–H and O–H groups in total. The lowest BCUT2D eigenvalue weighted by Crippen LogP contribution is -2.42. The van der Waals surface area contributed by atoms with E-state index in [0.29, 0.717) is 13.1 Å². The van der Waals surface area contributed by atoms with E-state index < -0.39 is 12.2 Å². The zero-order valence-electron chi connectivity index (χ0n) is 8.19. The lowest BCUT2D eigenvalue weighted by molar-refractivity contribution is 0.0788. The van der Waals surface area contributed by atoms with E-state index >= 15 is 0 Å². The third kappa shape index (κ3) is 5.95.